The van der Waals surface area contributed by atoms with Crippen LogP contribution in [0, 0.1) is 5.92 Å². The molecule has 1 atom stereocenters. The molecule has 0 amide bonds. The minimum atomic E-state index is 0.471. The molecule has 0 aromatic carbocycles. The molecule has 0 aliphatic rings. The monoisotopic (exact) mass is 208 g/mol. The van der Waals surface area contributed by atoms with E-state index in [-0.39, 0.29) is 0 Å². The lowest BCUT2D eigenvalue weighted by molar-refractivity contribution is 0.520. The Labute approximate surface area is 93.7 Å². The van der Waals surface area contributed by atoms with Crippen LogP contribution >= 0.6 is 0 Å². The molecular formula is C13H24N2. The number of nitrogens with one attached hydrogen (secondary N) is 1. The molecule has 0 bridgehead atoms. The van der Waals surface area contributed by atoms with Gasteiger partial charge in [-0.1, -0.05) is 20.8 Å². The van der Waals surface area contributed by atoms with E-state index >= 15 is 0 Å². The van der Waals surface area contributed by atoms with E-state index in [1.807, 2.05) is 0 Å². The Kier molecular flexibility index (Phi) is 4.89. The van der Waals surface area contributed by atoms with Crippen LogP contribution in [-0.2, 0) is 6.54 Å². The molecule has 1 aromatic rings. The molecule has 0 spiro atoms. The predicted molar refractivity (Wildman–Crippen MR) is 66.0 cm³/mol. The van der Waals surface area contributed by atoms with Gasteiger partial charge in [0.1, 0.15) is 0 Å². The smallest absolute Gasteiger partial charge is 0.0306 e. The molecule has 1 heterocycles. The molecule has 1 unspecified atom stereocenters. The third kappa shape index (κ3) is 4.08. The summed E-state index contributed by atoms with van der Waals surface area (Å²) in [6.07, 6.45) is 5.63. The first-order valence-corrected chi connectivity index (χ1v) is 6.02. The zero-order valence-corrected chi connectivity index (χ0v) is 10.5. The van der Waals surface area contributed by atoms with Crippen LogP contribution in [0.15, 0.2) is 18.5 Å². The lowest BCUT2D eigenvalue weighted by atomic mass is 10.2. The average Bonchev–Trinajstić information content (AvgIpc) is 2.61. The van der Waals surface area contributed by atoms with Crippen LogP contribution in [0.1, 0.15) is 45.7 Å². The fraction of sp³-hybridized carbons (Fsp3) is 0.692. The molecule has 2 heteroatoms. The van der Waals surface area contributed by atoms with Gasteiger partial charge in [-0.15, -0.1) is 0 Å². The number of aromatic nitrogens is 1. The maximum Gasteiger partial charge on any atom is 0.0306 e. The highest BCUT2D eigenvalue weighted by molar-refractivity contribution is 5.14. The first-order valence-electron chi connectivity index (χ1n) is 6.02. The second kappa shape index (κ2) is 5.96. The zero-order chi connectivity index (χ0) is 11.3. The van der Waals surface area contributed by atoms with Crippen LogP contribution in [0.2, 0.25) is 0 Å². The summed E-state index contributed by atoms with van der Waals surface area (Å²) in [5, 5.41) is 3.50. The Bertz CT molecular complexity index is 276. The molecule has 15 heavy (non-hydrogen) atoms. The second-order valence-corrected chi connectivity index (χ2v) is 4.71. The van der Waals surface area contributed by atoms with Gasteiger partial charge in [-0.2, -0.15) is 0 Å². The van der Waals surface area contributed by atoms with Gasteiger partial charge >= 0.3 is 0 Å². The van der Waals surface area contributed by atoms with E-state index in [4.69, 9.17) is 0 Å². The highest BCUT2D eigenvalue weighted by atomic mass is 15.0. The minimum Gasteiger partial charge on any atom is -0.354 e. The van der Waals surface area contributed by atoms with E-state index in [0.717, 1.165) is 13.1 Å². The topological polar surface area (TPSA) is 17.0 Å². The quantitative estimate of drug-likeness (QED) is 0.759. The highest BCUT2D eigenvalue weighted by Gasteiger charge is 2.06. The Morgan fingerprint density at radius 2 is 2.07 bits per heavy atom. The predicted octanol–water partition coefficient (Wildman–Crippen LogP) is 3.20. The van der Waals surface area contributed by atoms with Gasteiger partial charge < -0.3 is 9.88 Å². The molecule has 0 aliphatic carbocycles. The van der Waals surface area contributed by atoms with Crippen LogP contribution in [0.3, 0.4) is 0 Å². The fourth-order valence-corrected chi connectivity index (χ4v) is 1.73. The van der Waals surface area contributed by atoms with Gasteiger partial charge in [0.15, 0.2) is 0 Å². The van der Waals surface area contributed by atoms with Crippen LogP contribution < -0.4 is 5.32 Å². The van der Waals surface area contributed by atoms with E-state index in [9.17, 15) is 0 Å². The molecule has 0 aliphatic heterocycles. The van der Waals surface area contributed by atoms with Crippen LogP contribution in [0.4, 0.5) is 0 Å². The maximum absolute atomic E-state index is 3.50. The largest absolute Gasteiger partial charge is 0.354 e. The molecule has 0 saturated heterocycles. The van der Waals surface area contributed by atoms with Crippen molar-refractivity contribution in [2.45, 2.75) is 46.7 Å². The summed E-state index contributed by atoms with van der Waals surface area (Å²) in [6, 6.07) is 2.69. The summed E-state index contributed by atoms with van der Waals surface area (Å²) in [4.78, 5) is 0. The van der Waals surface area contributed by atoms with Crippen molar-refractivity contribution < 1.29 is 0 Å². The van der Waals surface area contributed by atoms with Gasteiger partial charge in [0.05, 0.1) is 0 Å². The van der Waals surface area contributed by atoms with E-state index in [1.165, 1.54) is 12.0 Å². The Morgan fingerprint density at radius 1 is 1.33 bits per heavy atom. The van der Waals surface area contributed by atoms with Gasteiger partial charge in [-0.3, -0.25) is 0 Å². The van der Waals surface area contributed by atoms with E-state index in [1.54, 1.807) is 0 Å². The molecule has 1 rings (SSSR count). The molecule has 2 nitrogen and oxygen atoms in total. The summed E-state index contributed by atoms with van der Waals surface area (Å²) >= 11 is 0. The SMILES string of the molecule is CCCNC(C)c1ccn(CC(C)C)c1. The van der Waals surface area contributed by atoms with Crippen LogP contribution in [0.5, 0.6) is 0 Å². The van der Waals surface area contributed by atoms with Crippen LogP contribution in [0.25, 0.3) is 0 Å². The molecule has 0 radical (unpaired) electrons. The first-order chi connectivity index (χ1) is 7.13. The van der Waals surface area contributed by atoms with Crippen molar-refractivity contribution in [3.05, 3.63) is 24.0 Å². The summed E-state index contributed by atoms with van der Waals surface area (Å²) < 4.78 is 2.28. The molecule has 1 aromatic heterocycles. The Hall–Kier alpha value is -0.760. The second-order valence-electron chi connectivity index (χ2n) is 4.71. The van der Waals surface area contributed by atoms with E-state index < -0.39 is 0 Å². The summed E-state index contributed by atoms with van der Waals surface area (Å²) in [5.74, 6) is 0.712. The van der Waals surface area contributed by atoms with Crippen molar-refractivity contribution in [3.63, 3.8) is 0 Å². The summed E-state index contributed by atoms with van der Waals surface area (Å²) in [7, 11) is 0. The highest BCUT2D eigenvalue weighted by Crippen LogP contribution is 2.13. The maximum atomic E-state index is 3.50. The first kappa shape index (κ1) is 12.3. The fourth-order valence-electron chi connectivity index (χ4n) is 1.73. The van der Waals surface area contributed by atoms with Crippen molar-refractivity contribution in [2.24, 2.45) is 5.92 Å². The normalized spacial score (nSPS) is 13.4. The van der Waals surface area contributed by atoms with E-state index in [2.05, 4.69) is 56.0 Å². The number of rotatable bonds is 6. The summed E-state index contributed by atoms with van der Waals surface area (Å²) in [6.45, 7) is 11.1. The number of hydrogen-bond donors (Lipinski definition) is 1. The summed E-state index contributed by atoms with van der Waals surface area (Å²) in [5.41, 5.74) is 1.39. The van der Waals surface area contributed by atoms with E-state index in [0.29, 0.717) is 12.0 Å². The standard InChI is InChI=1S/C13H24N2/c1-5-7-14-12(4)13-6-8-15(10-13)9-11(2)3/h6,8,10-12,14H,5,7,9H2,1-4H3. The van der Waals surface area contributed by atoms with Gasteiger partial charge in [0.25, 0.3) is 0 Å². The van der Waals surface area contributed by atoms with Crippen molar-refractivity contribution in [1.82, 2.24) is 9.88 Å². The molecule has 1 N–H and O–H groups in total. The molecular weight excluding hydrogens is 184 g/mol. The van der Waals surface area contributed by atoms with Crippen molar-refractivity contribution in [1.29, 1.82) is 0 Å². The average molecular weight is 208 g/mol. The van der Waals surface area contributed by atoms with Crippen molar-refractivity contribution >= 4 is 0 Å². The molecule has 86 valence electrons. The minimum absolute atomic E-state index is 0.471. The zero-order valence-electron chi connectivity index (χ0n) is 10.5. The Morgan fingerprint density at radius 3 is 2.67 bits per heavy atom. The number of hydrogen-bond acceptors (Lipinski definition) is 1. The lowest BCUT2D eigenvalue weighted by Gasteiger charge is -2.11. The van der Waals surface area contributed by atoms with Crippen molar-refractivity contribution in [3.8, 4) is 0 Å². The van der Waals surface area contributed by atoms with Crippen molar-refractivity contribution in [2.75, 3.05) is 6.54 Å². The van der Waals surface area contributed by atoms with Gasteiger partial charge in [-0.25, -0.2) is 0 Å². The third-order valence-electron chi connectivity index (χ3n) is 2.55. The molecule has 0 saturated carbocycles. The Balaban J connectivity index is 2.51. The molecule has 0 fully saturated rings. The van der Waals surface area contributed by atoms with Gasteiger partial charge in [0.2, 0.25) is 0 Å². The number of nitrogens with zero attached hydrogens (tertiary/aromatic N) is 1. The lowest BCUT2D eigenvalue weighted by Crippen LogP contribution is -2.18. The van der Waals surface area contributed by atoms with Gasteiger partial charge in [-0.05, 0) is 37.4 Å². The third-order valence-corrected chi connectivity index (χ3v) is 2.55. The van der Waals surface area contributed by atoms with Gasteiger partial charge in [0, 0.05) is 25.0 Å². The van der Waals surface area contributed by atoms with Crippen LogP contribution in [-0.4, -0.2) is 11.1 Å².